The SMILES string of the molecule is CCN(c1ccc(C(=O)O)cc1N)C1CCOCC1. The Morgan fingerprint density at radius 3 is 2.68 bits per heavy atom. The van der Waals surface area contributed by atoms with Crippen molar-refractivity contribution in [2.24, 2.45) is 0 Å². The van der Waals surface area contributed by atoms with E-state index in [1.165, 1.54) is 6.07 Å². The molecule has 0 unspecified atom stereocenters. The summed E-state index contributed by atoms with van der Waals surface area (Å²) >= 11 is 0. The minimum atomic E-state index is -0.952. The molecule has 1 fully saturated rings. The fourth-order valence-corrected chi connectivity index (χ4v) is 2.57. The Morgan fingerprint density at radius 1 is 1.47 bits per heavy atom. The van der Waals surface area contributed by atoms with Gasteiger partial charge in [-0.05, 0) is 38.0 Å². The average Bonchev–Trinajstić information content (AvgIpc) is 2.42. The molecule has 0 atom stereocenters. The number of carbonyl (C=O) groups is 1. The van der Waals surface area contributed by atoms with Crippen LogP contribution in [0.5, 0.6) is 0 Å². The second-order valence-electron chi connectivity index (χ2n) is 4.71. The maximum atomic E-state index is 10.9. The topological polar surface area (TPSA) is 75.8 Å². The van der Waals surface area contributed by atoms with E-state index < -0.39 is 5.97 Å². The van der Waals surface area contributed by atoms with Crippen LogP contribution in [0.2, 0.25) is 0 Å². The number of carboxylic acid groups (broad SMARTS) is 1. The monoisotopic (exact) mass is 264 g/mol. The van der Waals surface area contributed by atoms with Crippen molar-refractivity contribution in [3.05, 3.63) is 23.8 Å². The van der Waals surface area contributed by atoms with Crippen molar-refractivity contribution in [3.8, 4) is 0 Å². The van der Waals surface area contributed by atoms with Gasteiger partial charge in [-0.25, -0.2) is 4.79 Å². The first-order chi connectivity index (χ1) is 9.13. The summed E-state index contributed by atoms with van der Waals surface area (Å²) in [7, 11) is 0. The minimum Gasteiger partial charge on any atom is -0.478 e. The van der Waals surface area contributed by atoms with Gasteiger partial charge in [-0.3, -0.25) is 0 Å². The number of rotatable bonds is 4. The minimum absolute atomic E-state index is 0.226. The Morgan fingerprint density at radius 2 is 2.16 bits per heavy atom. The average molecular weight is 264 g/mol. The molecule has 0 bridgehead atoms. The van der Waals surface area contributed by atoms with Gasteiger partial charge in [0.25, 0.3) is 0 Å². The molecule has 1 aliphatic heterocycles. The fourth-order valence-electron chi connectivity index (χ4n) is 2.57. The van der Waals surface area contributed by atoms with Crippen LogP contribution < -0.4 is 10.6 Å². The molecule has 0 saturated carbocycles. The van der Waals surface area contributed by atoms with Gasteiger partial charge in [-0.15, -0.1) is 0 Å². The Kier molecular flexibility index (Phi) is 4.27. The molecule has 1 heterocycles. The molecule has 1 aliphatic rings. The Bertz CT molecular complexity index is 456. The van der Waals surface area contributed by atoms with Crippen molar-refractivity contribution in [2.45, 2.75) is 25.8 Å². The largest absolute Gasteiger partial charge is 0.478 e. The third kappa shape index (κ3) is 2.98. The van der Waals surface area contributed by atoms with E-state index in [1.807, 2.05) is 0 Å². The highest BCUT2D eigenvalue weighted by Crippen LogP contribution is 2.29. The lowest BCUT2D eigenvalue weighted by molar-refractivity contribution is 0.0697. The van der Waals surface area contributed by atoms with Gasteiger partial charge in [-0.2, -0.15) is 0 Å². The van der Waals surface area contributed by atoms with Crippen molar-refractivity contribution in [1.29, 1.82) is 0 Å². The predicted octanol–water partition coefficient (Wildman–Crippen LogP) is 1.97. The maximum absolute atomic E-state index is 10.9. The van der Waals surface area contributed by atoms with E-state index in [1.54, 1.807) is 12.1 Å². The van der Waals surface area contributed by atoms with Gasteiger partial charge in [0, 0.05) is 25.8 Å². The Labute approximate surface area is 113 Å². The van der Waals surface area contributed by atoms with Gasteiger partial charge >= 0.3 is 5.97 Å². The lowest BCUT2D eigenvalue weighted by atomic mass is 10.0. The fraction of sp³-hybridized carbons (Fsp3) is 0.500. The van der Waals surface area contributed by atoms with E-state index >= 15 is 0 Å². The summed E-state index contributed by atoms with van der Waals surface area (Å²) in [6.45, 7) is 4.48. The first-order valence-electron chi connectivity index (χ1n) is 6.60. The summed E-state index contributed by atoms with van der Waals surface area (Å²) in [6.07, 6.45) is 1.96. The van der Waals surface area contributed by atoms with E-state index in [-0.39, 0.29) is 5.56 Å². The highest BCUT2D eigenvalue weighted by atomic mass is 16.5. The third-order valence-corrected chi connectivity index (χ3v) is 3.56. The summed E-state index contributed by atoms with van der Waals surface area (Å²) in [5.41, 5.74) is 7.67. The van der Waals surface area contributed by atoms with Crippen LogP contribution in [0.25, 0.3) is 0 Å². The first-order valence-corrected chi connectivity index (χ1v) is 6.60. The quantitative estimate of drug-likeness (QED) is 0.813. The highest BCUT2D eigenvalue weighted by Gasteiger charge is 2.22. The number of ether oxygens (including phenoxy) is 1. The normalized spacial score (nSPS) is 16.3. The molecule has 1 saturated heterocycles. The summed E-state index contributed by atoms with van der Waals surface area (Å²) in [4.78, 5) is 13.2. The number of hydrogen-bond donors (Lipinski definition) is 2. The molecule has 3 N–H and O–H groups in total. The molecule has 1 aromatic rings. The van der Waals surface area contributed by atoms with Crippen LogP contribution >= 0.6 is 0 Å². The van der Waals surface area contributed by atoms with Crippen molar-refractivity contribution in [1.82, 2.24) is 0 Å². The highest BCUT2D eigenvalue weighted by molar-refractivity contribution is 5.90. The predicted molar refractivity (Wildman–Crippen MR) is 74.7 cm³/mol. The molecule has 0 radical (unpaired) electrons. The lowest BCUT2D eigenvalue weighted by Gasteiger charge is -2.36. The van der Waals surface area contributed by atoms with E-state index in [0.717, 1.165) is 38.3 Å². The Balaban J connectivity index is 2.24. The number of aromatic carboxylic acids is 1. The molecule has 0 amide bonds. The van der Waals surface area contributed by atoms with Crippen molar-refractivity contribution < 1.29 is 14.6 Å². The van der Waals surface area contributed by atoms with Gasteiger partial charge in [0.05, 0.1) is 16.9 Å². The summed E-state index contributed by atoms with van der Waals surface area (Å²) in [5.74, 6) is -0.952. The zero-order valence-corrected chi connectivity index (χ0v) is 11.1. The molecule has 0 spiro atoms. The molecule has 5 heteroatoms. The van der Waals surface area contributed by atoms with Gasteiger partial charge in [0.15, 0.2) is 0 Å². The number of benzene rings is 1. The number of anilines is 2. The van der Waals surface area contributed by atoms with Crippen LogP contribution in [0, 0.1) is 0 Å². The summed E-state index contributed by atoms with van der Waals surface area (Å²) in [6, 6.07) is 5.35. The van der Waals surface area contributed by atoms with Gasteiger partial charge < -0.3 is 20.5 Å². The van der Waals surface area contributed by atoms with Crippen LogP contribution in [-0.4, -0.2) is 36.9 Å². The van der Waals surface area contributed by atoms with E-state index in [2.05, 4.69) is 11.8 Å². The standard InChI is InChI=1S/C14H20N2O3/c1-2-16(11-5-7-19-8-6-11)13-4-3-10(14(17)18)9-12(13)15/h3-4,9,11H,2,5-8,15H2,1H3,(H,17,18). The number of nitrogens with two attached hydrogens (primary N) is 1. The second kappa shape index (κ2) is 5.93. The molecule has 104 valence electrons. The van der Waals surface area contributed by atoms with Crippen molar-refractivity contribution in [3.63, 3.8) is 0 Å². The van der Waals surface area contributed by atoms with Crippen LogP contribution in [0.15, 0.2) is 18.2 Å². The number of nitrogens with zero attached hydrogens (tertiary/aromatic N) is 1. The molecule has 19 heavy (non-hydrogen) atoms. The zero-order chi connectivity index (χ0) is 13.8. The first kappa shape index (κ1) is 13.7. The van der Waals surface area contributed by atoms with E-state index in [0.29, 0.717) is 11.7 Å². The van der Waals surface area contributed by atoms with Crippen molar-refractivity contribution in [2.75, 3.05) is 30.4 Å². The van der Waals surface area contributed by atoms with Crippen LogP contribution in [0.3, 0.4) is 0 Å². The molecular weight excluding hydrogens is 244 g/mol. The van der Waals surface area contributed by atoms with Crippen LogP contribution in [0.1, 0.15) is 30.1 Å². The molecule has 2 rings (SSSR count). The number of carboxylic acids is 1. The number of nitrogen functional groups attached to an aromatic ring is 1. The summed E-state index contributed by atoms with van der Waals surface area (Å²) in [5, 5.41) is 8.96. The molecule has 0 aliphatic carbocycles. The van der Waals surface area contributed by atoms with E-state index in [4.69, 9.17) is 15.6 Å². The van der Waals surface area contributed by atoms with Gasteiger partial charge in [0.1, 0.15) is 0 Å². The molecular formula is C14H20N2O3. The second-order valence-corrected chi connectivity index (χ2v) is 4.71. The molecule has 0 aromatic heterocycles. The van der Waals surface area contributed by atoms with Crippen LogP contribution in [0.4, 0.5) is 11.4 Å². The smallest absolute Gasteiger partial charge is 0.335 e. The third-order valence-electron chi connectivity index (χ3n) is 3.56. The van der Waals surface area contributed by atoms with Gasteiger partial charge in [-0.1, -0.05) is 0 Å². The number of hydrogen-bond acceptors (Lipinski definition) is 4. The molecule has 1 aromatic carbocycles. The zero-order valence-electron chi connectivity index (χ0n) is 11.1. The summed E-state index contributed by atoms with van der Waals surface area (Å²) < 4.78 is 5.38. The lowest BCUT2D eigenvalue weighted by Crippen LogP contribution is -2.39. The van der Waals surface area contributed by atoms with Crippen LogP contribution in [-0.2, 0) is 4.74 Å². The maximum Gasteiger partial charge on any atom is 0.335 e. The van der Waals surface area contributed by atoms with E-state index in [9.17, 15) is 4.79 Å². The Hall–Kier alpha value is -1.75. The van der Waals surface area contributed by atoms with Gasteiger partial charge in [0.2, 0.25) is 0 Å². The molecule has 5 nitrogen and oxygen atoms in total. The van der Waals surface area contributed by atoms with Crippen molar-refractivity contribution >= 4 is 17.3 Å².